The highest BCUT2D eigenvalue weighted by Gasteiger charge is 2.23. The lowest BCUT2D eigenvalue weighted by atomic mass is 9.99. The van der Waals surface area contributed by atoms with E-state index in [-0.39, 0.29) is 5.91 Å². The number of carbonyl (C=O) groups is 1. The molecule has 0 saturated heterocycles. The summed E-state index contributed by atoms with van der Waals surface area (Å²) in [7, 11) is 0. The van der Waals surface area contributed by atoms with Gasteiger partial charge in [0.1, 0.15) is 0 Å². The average molecular weight is 364 g/mol. The van der Waals surface area contributed by atoms with Gasteiger partial charge in [0, 0.05) is 22.0 Å². The molecular weight excluding hydrogens is 350 g/mol. The van der Waals surface area contributed by atoms with E-state index in [2.05, 4.69) is 40.2 Å². The van der Waals surface area contributed by atoms with Gasteiger partial charge in [-0.3, -0.25) is 4.79 Å². The number of hydrogen-bond donors (Lipinski definition) is 0. The second kappa shape index (κ2) is 5.67. The summed E-state index contributed by atoms with van der Waals surface area (Å²) in [4.78, 5) is 14.8. The topological polar surface area (TPSA) is 20.3 Å². The van der Waals surface area contributed by atoms with E-state index in [9.17, 15) is 4.79 Å². The van der Waals surface area contributed by atoms with E-state index in [1.807, 2.05) is 53.4 Å². The lowest BCUT2D eigenvalue weighted by molar-refractivity contribution is 0.0989. The van der Waals surface area contributed by atoms with Crippen LogP contribution in [0.1, 0.15) is 15.9 Å². The van der Waals surface area contributed by atoms with Gasteiger partial charge in [0.15, 0.2) is 0 Å². The Morgan fingerprint density at radius 3 is 2.57 bits per heavy atom. The van der Waals surface area contributed by atoms with Crippen LogP contribution >= 0.6 is 15.9 Å². The van der Waals surface area contributed by atoms with E-state index >= 15 is 0 Å². The summed E-state index contributed by atoms with van der Waals surface area (Å²) < 4.78 is 1.04. The zero-order chi connectivity index (χ0) is 15.8. The Bertz CT molecular complexity index is 931. The summed E-state index contributed by atoms with van der Waals surface area (Å²) in [6, 6.07) is 19.7. The van der Waals surface area contributed by atoms with Crippen molar-refractivity contribution in [3.05, 3.63) is 82.3 Å². The molecule has 0 N–H and O–H groups in total. The second-order valence-electron chi connectivity index (χ2n) is 5.52. The Morgan fingerprint density at radius 1 is 0.913 bits per heavy atom. The molecule has 23 heavy (non-hydrogen) atoms. The van der Waals surface area contributed by atoms with Gasteiger partial charge in [-0.15, -0.1) is 0 Å². The lowest BCUT2D eigenvalue weighted by Crippen LogP contribution is -2.33. The molecule has 0 unspecified atom stereocenters. The SMILES string of the molecule is O=C(c1ccccc1)N1CC=Cc2ccc3c(Br)cccc3c21. The van der Waals surface area contributed by atoms with Crippen LogP contribution in [-0.2, 0) is 0 Å². The van der Waals surface area contributed by atoms with Crippen molar-refractivity contribution < 1.29 is 4.79 Å². The van der Waals surface area contributed by atoms with Crippen LogP contribution in [0.5, 0.6) is 0 Å². The van der Waals surface area contributed by atoms with Gasteiger partial charge in [0.2, 0.25) is 0 Å². The predicted octanol–water partition coefficient (Wildman–Crippen LogP) is 5.28. The minimum Gasteiger partial charge on any atom is -0.303 e. The van der Waals surface area contributed by atoms with Crippen molar-refractivity contribution >= 4 is 44.4 Å². The normalized spacial score (nSPS) is 13.2. The smallest absolute Gasteiger partial charge is 0.258 e. The molecule has 0 saturated carbocycles. The van der Waals surface area contributed by atoms with Gasteiger partial charge in [-0.05, 0) is 29.1 Å². The first-order valence-electron chi connectivity index (χ1n) is 7.50. The number of nitrogens with zero attached hydrogens (tertiary/aromatic N) is 1. The Kier molecular flexibility index (Phi) is 3.50. The summed E-state index contributed by atoms with van der Waals surface area (Å²) in [5.41, 5.74) is 2.77. The minimum absolute atomic E-state index is 0.0312. The summed E-state index contributed by atoms with van der Waals surface area (Å²) in [6.45, 7) is 0.590. The first-order valence-corrected chi connectivity index (χ1v) is 8.30. The maximum Gasteiger partial charge on any atom is 0.258 e. The molecule has 3 aromatic rings. The maximum absolute atomic E-state index is 13.0. The standard InChI is InChI=1S/C20H14BrNO/c21-18-10-4-9-17-16(18)12-11-14-8-5-13-22(19(14)17)20(23)15-6-2-1-3-7-15/h1-12H,13H2. The molecule has 0 atom stereocenters. The Morgan fingerprint density at radius 2 is 1.74 bits per heavy atom. The monoisotopic (exact) mass is 363 g/mol. The number of hydrogen-bond acceptors (Lipinski definition) is 1. The predicted molar refractivity (Wildman–Crippen MR) is 98.8 cm³/mol. The van der Waals surface area contributed by atoms with Gasteiger partial charge in [-0.1, -0.05) is 70.5 Å². The molecule has 0 spiro atoms. The van der Waals surface area contributed by atoms with Crippen LogP contribution in [-0.4, -0.2) is 12.5 Å². The number of rotatable bonds is 1. The largest absolute Gasteiger partial charge is 0.303 e. The van der Waals surface area contributed by atoms with Crippen LogP contribution < -0.4 is 4.90 Å². The Hall–Kier alpha value is -2.39. The highest BCUT2D eigenvalue weighted by atomic mass is 79.9. The average Bonchev–Trinajstić information content (AvgIpc) is 2.61. The van der Waals surface area contributed by atoms with Crippen molar-refractivity contribution in [3.63, 3.8) is 0 Å². The highest BCUT2D eigenvalue weighted by Crippen LogP contribution is 2.37. The quantitative estimate of drug-likeness (QED) is 0.576. The summed E-state index contributed by atoms with van der Waals surface area (Å²) in [5.74, 6) is 0.0312. The van der Waals surface area contributed by atoms with Crippen LogP contribution in [0.2, 0.25) is 0 Å². The van der Waals surface area contributed by atoms with E-state index in [4.69, 9.17) is 0 Å². The van der Waals surface area contributed by atoms with Crippen molar-refractivity contribution in [2.45, 2.75) is 0 Å². The van der Waals surface area contributed by atoms with E-state index in [1.165, 1.54) is 0 Å². The third-order valence-corrected chi connectivity index (χ3v) is 4.82. The van der Waals surface area contributed by atoms with E-state index in [0.29, 0.717) is 12.1 Å². The number of halogens is 1. The van der Waals surface area contributed by atoms with Crippen molar-refractivity contribution in [1.82, 2.24) is 0 Å². The van der Waals surface area contributed by atoms with Crippen LogP contribution in [0.3, 0.4) is 0 Å². The van der Waals surface area contributed by atoms with Gasteiger partial charge in [-0.2, -0.15) is 0 Å². The van der Waals surface area contributed by atoms with Gasteiger partial charge in [0.25, 0.3) is 5.91 Å². The molecule has 0 fully saturated rings. The molecule has 4 rings (SSSR count). The number of amides is 1. The third-order valence-electron chi connectivity index (χ3n) is 4.13. The molecule has 1 heterocycles. The molecule has 3 heteroatoms. The van der Waals surface area contributed by atoms with E-state index in [0.717, 1.165) is 26.5 Å². The van der Waals surface area contributed by atoms with Crippen LogP contribution in [0.4, 0.5) is 5.69 Å². The molecule has 0 aromatic heterocycles. The molecular formula is C20H14BrNO. The van der Waals surface area contributed by atoms with Crippen LogP contribution in [0.25, 0.3) is 16.8 Å². The van der Waals surface area contributed by atoms with Gasteiger partial charge in [0.05, 0.1) is 5.69 Å². The molecule has 0 radical (unpaired) electrons. The number of fused-ring (bicyclic) bond motifs is 3. The third kappa shape index (κ3) is 2.37. The highest BCUT2D eigenvalue weighted by molar-refractivity contribution is 9.10. The molecule has 112 valence electrons. The van der Waals surface area contributed by atoms with Crippen molar-refractivity contribution in [2.75, 3.05) is 11.4 Å². The van der Waals surface area contributed by atoms with Crippen molar-refractivity contribution in [1.29, 1.82) is 0 Å². The first-order chi connectivity index (χ1) is 11.3. The summed E-state index contributed by atoms with van der Waals surface area (Å²) in [5, 5.41) is 2.21. The Labute approximate surface area is 143 Å². The fourth-order valence-electron chi connectivity index (χ4n) is 3.05. The summed E-state index contributed by atoms with van der Waals surface area (Å²) in [6.07, 6.45) is 4.12. The zero-order valence-corrected chi connectivity index (χ0v) is 14.0. The number of benzene rings is 3. The number of anilines is 1. The van der Waals surface area contributed by atoms with Gasteiger partial charge >= 0.3 is 0 Å². The van der Waals surface area contributed by atoms with Crippen molar-refractivity contribution in [3.8, 4) is 0 Å². The van der Waals surface area contributed by atoms with E-state index in [1.54, 1.807) is 0 Å². The Balaban J connectivity index is 1.92. The fourth-order valence-corrected chi connectivity index (χ4v) is 3.55. The molecule has 0 bridgehead atoms. The number of carbonyl (C=O) groups excluding carboxylic acids is 1. The van der Waals surface area contributed by atoms with Crippen LogP contribution in [0, 0.1) is 0 Å². The van der Waals surface area contributed by atoms with E-state index < -0.39 is 0 Å². The fraction of sp³-hybridized carbons (Fsp3) is 0.0500. The van der Waals surface area contributed by atoms with Gasteiger partial charge in [-0.25, -0.2) is 0 Å². The summed E-state index contributed by atoms with van der Waals surface area (Å²) >= 11 is 3.61. The first kappa shape index (κ1) is 14.2. The van der Waals surface area contributed by atoms with Crippen LogP contribution in [0.15, 0.2) is 71.2 Å². The minimum atomic E-state index is 0.0312. The molecule has 1 aliphatic heterocycles. The zero-order valence-electron chi connectivity index (χ0n) is 12.4. The second-order valence-corrected chi connectivity index (χ2v) is 6.38. The maximum atomic E-state index is 13.0. The molecule has 2 nitrogen and oxygen atoms in total. The molecule has 1 amide bonds. The molecule has 3 aromatic carbocycles. The lowest BCUT2D eigenvalue weighted by Gasteiger charge is -2.28. The van der Waals surface area contributed by atoms with Crippen molar-refractivity contribution in [2.24, 2.45) is 0 Å². The van der Waals surface area contributed by atoms with Gasteiger partial charge < -0.3 is 4.90 Å². The molecule has 1 aliphatic rings. The molecule has 0 aliphatic carbocycles.